The highest BCUT2D eigenvalue weighted by Crippen LogP contribution is 2.20. The number of rotatable bonds is 6. The van der Waals surface area contributed by atoms with E-state index in [9.17, 15) is 4.79 Å². The lowest BCUT2D eigenvalue weighted by Gasteiger charge is -2.21. The molecule has 2 aromatic carbocycles. The van der Waals surface area contributed by atoms with Crippen molar-refractivity contribution in [3.63, 3.8) is 0 Å². The van der Waals surface area contributed by atoms with E-state index in [4.69, 9.17) is 4.74 Å². The fourth-order valence-electron chi connectivity index (χ4n) is 2.48. The lowest BCUT2D eigenvalue weighted by Crippen LogP contribution is -2.40. The smallest absolute Gasteiger partial charge is 0.258 e. The molecule has 124 valence electrons. The third-order valence-electron chi connectivity index (χ3n) is 4.06. The number of benzene rings is 2. The Morgan fingerprint density at radius 3 is 2.75 bits per heavy atom. The van der Waals surface area contributed by atoms with Crippen molar-refractivity contribution in [3.05, 3.63) is 55.1 Å². The maximum absolute atomic E-state index is 12.1. The van der Waals surface area contributed by atoms with Gasteiger partial charge in [-0.3, -0.25) is 4.79 Å². The lowest BCUT2D eigenvalue weighted by molar-refractivity contribution is -0.124. The van der Waals surface area contributed by atoms with Crippen LogP contribution in [0.1, 0.15) is 19.9 Å². The number of nitrogens with zero attached hydrogens (tertiary/aromatic N) is 3. The van der Waals surface area contributed by atoms with E-state index in [-0.39, 0.29) is 24.6 Å². The Morgan fingerprint density at radius 2 is 2.00 bits per heavy atom. The molecule has 0 saturated heterocycles. The minimum absolute atomic E-state index is 0.0112. The van der Waals surface area contributed by atoms with Crippen molar-refractivity contribution in [2.45, 2.75) is 25.9 Å². The highest BCUT2D eigenvalue weighted by Gasteiger charge is 2.17. The quantitative estimate of drug-likeness (QED) is 0.756. The average molecular weight is 324 g/mol. The van der Waals surface area contributed by atoms with Crippen molar-refractivity contribution < 1.29 is 9.53 Å². The zero-order valence-electron chi connectivity index (χ0n) is 13.7. The average Bonchev–Trinajstić information content (AvgIpc) is 3.13. The van der Waals surface area contributed by atoms with Crippen LogP contribution in [-0.4, -0.2) is 33.3 Å². The van der Waals surface area contributed by atoms with Gasteiger partial charge in [-0.1, -0.05) is 30.3 Å². The summed E-state index contributed by atoms with van der Waals surface area (Å²) in [6.45, 7) is 3.89. The molecule has 1 heterocycles. The second-order valence-corrected chi connectivity index (χ2v) is 5.77. The number of hydrogen-bond donors (Lipinski definition) is 1. The first-order valence-corrected chi connectivity index (χ1v) is 7.88. The lowest BCUT2D eigenvalue weighted by atomic mass is 10.1. The second-order valence-electron chi connectivity index (χ2n) is 5.77. The summed E-state index contributed by atoms with van der Waals surface area (Å²) in [5.41, 5.74) is 0. The minimum atomic E-state index is -0.164. The highest BCUT2D eigenvalue weighted by atomic mass is 16.5. The van der Waals surface area contributed by atoms with Gasteiger partial charge in [-0.25, -0.2) is 9.67 Å². The van der Waals surface area contributed by atoms with Gasteiger partial charge in [0.05, 0.1) is 6.04 Å². The molecule has 0 radical (unpaired) electrons. The Balaban J connectivity index is 1.54. The molecule has 24 heavy (non-hydrogen) atoms. The van der Waals surface area contributed by atoms with E-state index in [1.165, 1.54) is 6.33 Å². The molecule has 6 nitrogen and oxygen atoms in total. The van der Waals surface area contributed by atoms with E-state index in [1.807, 2.05) is 56.3 Å². The molecule has 0 bridgehead atoms. The zero-order valence-corrected chi connectivity index (χ0v) is 13.7. The Bertz CT molecular complexity index is 817. The standard InChI is InChI=1S/C18H20N4O2/c1-13(14(2)22-12-19-11-20-22)21-18(23)10-24-17-8-7-15-5-3-4-6-16(15)9-17/h3-9,11-14H,10H2,1-2H3,(H,21,23). The number of amides is 1. The van der Waals surface area contributed by atoms with Crippen LogP contribution in [0.3, 0.4) is 0 Å². The maximum Gasteiger partial charge on any atom is 0.258 e. The molecule has 0 aliphatic rings. The molecule has 0 aliphatic carbocycles. The molecular formula is C18H20N4O2. The monoisotopic (exact) mass is 324 g/mol. The van der Waals surface area contributed by atoms with Gasteiger partial charge in [0, 0.05) is 6.04 Å². The van der Waals surface area contributed by atoms with Crippen LogP contribution < -0.4 is 10.1 Å². The van der Waals surface area contributed by atoms with Crippen LogP contribution in [0.2, 0.25) is 0 Å². The summed E-state index contributed by atoms with van der Waals surface area (Å²) in [5, 5.41) is 9.24. The first-order chi connectivity index (χ1) is 11.6. The van der Waals surface area contributed by atoms with E-state index in [2.05, 4.69) is 15.4 Å². The molecule has 0 spiro atoms. The van der Waals surface area contributed by atoms with Crippen LogP contribution in [0, 0.1) is 0 Å². The molecule has 3 rings (SSSR count). The van der Waals surface area contributed by atoms with Crippen molar-refractivity contribution in [1.82, 2.24) is 20.1 Å². The van der Waals surface area contributed by atoms with Gasteiger partial charge in [0.15, 0.2) is 6.61 Å². The van der Waals surface area contributed by atoms with Gasteiger partial charge in [0.2, 0.25) is 0 Å². The van der Waals surface area contributed by atoms with Crippen molar-refractivity contribution >= 4 is 16.7 Å². The van der Waals surface area contributed by atoms with E-state index in [0.29, 0.717) is 5.75 Å². The molecule has 3 aromatic rings. The Labute approximate surface area is 140 Å². The topological polar surface area (TPSA) is 69.0 Å². The SMILES string of the molecule is CC(NC(=O)COc1ccc2ccccc2c1)C(C)n1cncn1. The number of nitrogens with one attached hydrogen (secondary N) is 1. The predicted octanol–water partition coefficient (Wildman–Crippen LogP) is 2.58. The molecule has 0 aliphatic heterocycles. The molecule has 2 unspecified atom stereocenters. The number of ether oxygens (including phenoxy) is 1. The fourth-order valence-corrected chi connectivity index (χ4v) is 2.48. The van der Waals surface area contributed by atoms with Crippen LogP contribution in [0.15, 0.2) is 55.1 Å². The summed E-state index contributed by atoms with van der Waals surface area (Å²) < 4.78 is 7.32. The van der Waals surface area contributed by atoms with Crippen LogP contribution in [0.4, 0.5) is 0 Å². The number of carbonyl (C=O) groups is 1. The van der Waals surface area contributed by atoms with Crippen LogP contribution >= 0.6 is 0 Å². The molecule has 1 amide bonds. The van der Waals surface area contributed by atoms with Crippen LogP contribution in [-0.2, 0) is 4.79 Å². The number of hydrogen-bond acceptors (Lipinski definition) is 4. The first-order valence-electron chi connectivity index (χ1n) is 7.88. The minimum Gasteiger partial charge on any atom is -0.484 e. The fraction of sp³-hybridized carbons (Fsp3) is 0.278. The Morgan fingerprint density at radius 1 is 1.21 bits per heavy atom. The maximum atomic E-state index is 12.1. The number of fused-ring (bicyclic) bond motifs is 1. The van der Waals surface area contributed by atoms with Crippen molar-refractivity contribution in [3.8, 4) is 5.75 Å². The van der Waals surface area contributed by atoms with Gasteiger partial charge in [0.1, 0.15) is 18.4 Å². The van der Waals surface area contributed by atoms with Gasteiger partial charge in [-0.2, -0.15) is 5.10 Å². The highest BCUT2D eigenvalue weighted by molar-refractivity contribution is 5.84. The summed E-state index contributed by atoms with van der Waals surface area (Å²) >= 11 is 0. The van der Waals surface area contributed by atoms with Gasteiger partial charge in [0.25, 0.3) is 5.91 Å². The van der Waals surface area contributed by atoms with E-state index in [1.54, 1.807) is 11.0 Å². The number of carbonyl (C=O) groups excluding carboxylic acids is 1. The molecule has 1 N–H and O–H groups in total. The van der Waals surface area contributed by atoms with Gasteiger partial charge >= 0.3 is 0 Å². The molecule has 6 heteroatoms. The van der Waals surface area contributed by atoms with Crippen molar-refractivity contribution in [2.75, 3.05) is 6.61 Å². The Hall–Kier alpha value is -2.89. The molecule has 0 saturated carbocycles. The van der Waals surface area contributed by atoms with E-state index >= 15 is 0 Å². The first kappa shape index (κ1) is 16.0. The van der Waals surface area contributed by atoms with Crippen molar-refractivity contribution in [1.29, 1.82) is 0 Å². The largest absolute Gasteiger partial charge is 0.484 e. The molecule has 1 aromatic heterocycles. The molecule has 2 atom stereocenters. The normalized spacial score (nSPS) is 13.4. The number of aromatic nitrogens is 3. The van der Waals surface area contributed by atoms with Crippen LogP contribution in [0.5, 0.6) is 5.75 Å². The van der Waals surface area contributed by atoms with E-state index < -0.39 is 0 Å². The summed E-state index contributed by atoms with van der Waals surface area (Å²) in [5.74, 6) is 0.517. The summed E-state index contributed by atoms with van der Waals surface area (Å²) in [4.78, 5) is 16.0. The summed E-state index contributed by atoms with van der Waals surface area (Å²) in [7, 11) is 0. The van der Waals surface area contributed by atoms with Gasteiger partial charge < -0.3 is 10.1 Å². The molecule has 0 fully saturated rings. The summed E-state index contributed by atoms with van der Waals surface area (Å²) in [6.07, 6.45) is 3.12. The summed E-state index contributed by atoms with van der Waals surface area (Å²) in [6, 6.07) is 13.7. The Kier molecular flexibility index (Phi) is 4.74. The third kappa shape index (κ3) is 3.71. The van der Waals surface area contributed by atoms with E-state index in [0.717, 1.165) is 10.8 Å². The van der Waals surface area contributed by atoms with Gasteiger partial charge in [-0.05, 0) is 36.8 Å². The zero-order chi connectivity index (χ0) is 16.9. The van der Waals surface area contributed by atoms with Crippen LogP contribution in [0.25, 0.3) is 10.8 Å². The second kappa shape index (κ2) is 7.12. The van der Waals surface area contributed by atoms with Gasteiger partial charge in [-0.15, -0.1) is 0 Å². The van der Waals surface area contributed by atoms with Crippen molar-refractivity contribution in [2.24, 2.45) is 0 Å². The molecular weight excluding hydrogens is 304 g/mol. The third-order valence-corrected chi connectivity index (χ3v) is 4.06. The predicted molar refractivity (Wildman–Crippen MR) is 91.8 cm³/mol.